The van der Waals surface area contributed by atoms with E-state index in [9.17, 15) is 4.79 Å². The lowest BCUT2D eigenvalue weighted by Crippen LogP contribution is -2.29. The Balaban J connectivity index is 0.00000173. The number of imidazole rings is 1. The Labute approximate surface area is 246 Å². The quantitative estimate of drug-likeness (QED) is 0.235. The van der Waals surface area contributed by atoms with Crippen LogP contribution in [0.15, 0.2) is 35.0 Å². The molecule has 1 aliphatic rings. The first-order valence-corrected chi connectivity index (χ1v) is 14.7. The molecule has 5 aromatic rings. The number of rotatable bonds is 4. The molecule has 0 fully saturated rings. The first-order valence-electron chi connectivity index (χ1n) is 14.7. The van der Waals surface area contributed by atoms with Crippen LogP contribution in [-0.2, 0) is 18.9 Å². The van der Waals surface area contributed by atoms with Crippen molar-refractivity contribution in [2.24, 2.45) is 7.05 Å². The summed E-state index contributed by atoms with van der Waals surface area (Å²) in [6.07, 6.45) is 5.68. The fraction of sp³-hybridized carbons (Fsp3) is 0.438. The molecule has 1 unspecified atom stereocenters. The molecule has 0 spiro atoms. The van der Waals surface area contributed by atoms with Crippen molar-refractivity contribution in [1.29, 1.82) is 0 Å². The van der Waals surface area contributed by atoms with E-state index in [1.807, 2.05) is 66.3 Å². The Morgan fingerprint density at radius 3 is 2.60 bits per heavy atom. The zero-order chi connectivity index (χ0) is 30.2. The van der Waals surface area contributed by atoms with Gasteiger partial charge in [0.05, 0.1) is 22.8 Å². The topological polar surface area (TPSA) is 127 Å². The maximum absolute atomic E-state index is 13.1. The summed E-state index contributed by atoms with van der Waals surface area (Å²) < 4.78 is 7.21. The van der Waals surface area contributed by atoms with Crippen molar-refractivity contribution < 1.29 is 9.32 Å². The van der Waals surface area contributed by atoms with Crippen LogP contribution in [0.5, 0.6) is 0 Å². The molecular formula is C32H40N8O2. The third-order valence-electron chi connectivity index (χ3n) is 7.73. The zero-order valence-electron chi connectivity index (χ0n) is 25.8. The summed E-state index contributed by atoms with van der Waals surface area (Å²) in [5.74, 6) is 0.971. The molecule has 220 valence electrons. The molecule has 1 aromatic carbocycles. The SMILES string of the molecule is CC.Cc1nn(C)c(C)c1-c1nc2nccc(-c3ccc4c(c3)CCCCC4NC(=O)c3noc(C(C)(C)C)n3)c2[nH]1. The number of hydrogen-bond donors (Lipinski definition) is 2. The molecule has 1 aliphatic carbocycles. The molecule has 42 heavy (non-hydrogen) atoms. The molecule has 1 atom stereocenters. The van der Waals surface area contributed by atoms with E-state index in [2.05, 4.69) is 48.7 Å². The molecule has 0 radical (unpaired) electrons. The van der Waals surface area contributed by atoms with E-state index in [1.165, 1.54) is 5.56 Å². The van der Waals surface area contributed by atoms with Gasteiger partial charge in [-0.05, 0) is 55.9 Å². The maximum atomic E-state index is 13.1. The summed E-state index contributed by atoms with van der Waals surface area (Å²) in [6.45, 7) is 14.0. The number of amides is 1. The lowest BCUT2D eigenvalue weighted by atomic mass is 9.94. The van der Waals surface area contributed by atoms with E-state index < -0.39 is 0 Å². The van der Waals surface area contributed by atoms with Crippen molar-refractivity contribution in [3.8, 4) is 22.5 Å². The second-order valence-corrected chi connectivity index (χ2v) is 11.7. The highest BCUT2D eigenvalue weighted by molar-refractivity contribution is 5.92. The van der Waals surface area contributed by atoms with Gasteiger partial charge in [-0.1, -0.05) is 64.4 Å². The maximum Gasteiger partial charge on any atom is 0.293 e. The van der Waals surface area contributed by atoms with E-state index in [4.69, 9.17) is 9.51 Å². The third-order valence-corrected chi connectivity index (χ3v) is 7.73. The number of nitrogens with zero attached hydrogens (tertiary/aromatic N) is 6. The van der Waals surface area contributed by atoms with Crippen LogP contribution < -0.4 is 5.32 Å². The molecule has 1 amide bonds. The smallest absolute Gasteiger partial charge is 0.293 e. The highest BCUT2D eigenvalue weighted by Gasteiger charge is 2.27. The van der Waals surface area contributed by atoms with Gasteiger partial charge in [-0.25, -0.2) is 9.97 Å². The second-order valence-electron chi connectivity index (χ2n) is 11.7. The predicted octanol–water partition coefficient (Wildman–Crippen LogP) is 6.55. The largest absolute Gasteiger partial charge is 0.342 e. The Morgan fingerprint density at radius 1 is 1.12 bits per heavy atom. The minimum absolute atomic E-state index is 0.0701. The number of benzene rings is 1. The molecule has 10 heteroatoms. The van der Waals surface area contributed by atoms with Crippen LogP contribution in [-0.4, -0.2) is 40.8 Å². The Kier molecular flexibility index (Phi) is 7.99. The molecule has 2 N–H and O–H groups in total. The van der Waals surface area contributed by atoms with Crippen LogP contribution in [0, 0.1) is 13.8 Å². The highest BCUT2D eigenvalue weighted by atomic mass is 16.5. The molecule has 4 aromatic heterocycles. The number of aromatic nitrogens is 7. The van der Waals surface area contributed by atoms with Crippen LogP contribution in [0.4, 0.5) is 0 Å². The Bertz CT molecular complexity index is 1740. The van der Waals surface area contributed by atoms with E-state index in [-0.39, 0.29) is 23.2 Å². The van der Waals surface area contributed by atoms with Gasteiger partial charge in [-0.2, -0.15) is 10.1 Å². The fourth-order valence-electron chi connectivity index (χ4n) is 5.53. The molecule has 4 heterocycles. The number of carbonyl (C=O) groups excluding carboxylic acids is 1. The van der Waals surface area contributed by atoms with Gasteiger partial charge in [0, 0.05) is 29.9 Å². The normalized spacial score (nSPS) is 15.1. The number of aromatic amines is 1. The van der Waals surface area contributed by atoms with Crippen LogP contribution in [0.3, 0.4) is 0 Å². The van der Waals surface area contributed by atoms with Gasteiger partial charge >= 0.3 is 0 Å². The van der Waals surface area contributed by atoms with E-state index in [1.54, 1.807) is 6.20 Å². The zero-order valence-corrected chi connectivity index (χ0v) is 25.8. The number of hydrogen-bond acceptors (Lipinski definition) is 7. The van der Waals surface area contributed by atoms with Crippen LogP contribution >= 0.6 is 0 Å². The average molecular weight is 569 g/mol. The lowest BCUT2D eigenvalue weighted by Gasteiger charge is -2.19. The number of carbonyl (C=O) groups is 1. The number of pyridine rings is 1. The monoisotopic (exact) mass is 568 g/mol. The van der Waals surface area contributed by atoms with Gasteiger partial charge in [0.25, 0.3) is 11.7 Å². The molecule has 6 rings (SSSR count). The number of H-pyrrole nitrogens is 1. The van der Waals surface area contributed by atoms with Gasteiger partial charge < -0.3 is 14.8 Å². The van der Waals surface area contributed by atoms with Crippen LogP contribution in [0.2, 0.25) is 0 Å². The standard InChI is InChI=1S/C30H34N8O2.C2H6/c1-16-23(17(2)38(6)36-16)25-33-24-21(13-14-31-26(24)34-25)19-11-12-20-18(15-19)9-7-8-10-22(20)32-28(39)27-35-29(40-37-27)30(3,4)5;1-2/h11-15,22H,7-10H2,1-6H3,(H,32,39)(H,31,33,34);1-2H3. The molecule has 0 aliphatic heterocycles. The summed E-state index contributed by atoms with van der Waals surface area (Å²) in [5, 5.41) is 11.6. The first kappa shape index (κ1) is 29.2. The summed E-state index contributed by atoms with van der Waals surface area (Å²) >= 11 is 0. The Morgan fingerprint density at radius 2 is 1.90 bits per heavy atom. The lowest BCUT2D eigenvalue weighted by molar-refractivity contribution is 0.0921. The average Bonchev–Trinajstić information content (AvgIpc) is 3.65. The van der Waals surface area contributed by atoms with E-state index in [0.29, 0.717) is 11.5 Å². The second kappa shape index (κ2) is 11.5. The molecule has 0 saturated heterocycles. The van der Waals surface area contributed by atoms with Crippen molar-refractivity contribution >= 4 is 17.1 Å². The summed E-state index contributed by atoms with van der Waals surface area (Å²) in [7, 11) is 1.94. The van der Waals surface area contributed by atoms with Crippen molar-refractivity contribution in [2.75, 3.05) is 0 Å². The van der Waals surface area contributed by atoms with Crippen molar-refractivity contribution in [2.45, 2.75) is 85.6 Å². The van der Waals surface area contributed by atoms with Crippen molar-refractivity contribution in [1.82, 2.24) is 40.2 Å². The van der Waals surface area contributed by atoms with Crippen molar-refractivity contribution in [3.05, 3.63) is 64.7 Å². The Hall–Kier alpha value is -4.34. The van der Waals surface area contributed by atoms with E-state index in [0.717, 1.165) is 70.7 Å². The summed E-state index contributed by atoms with van der Waals surface area (Å²) in [5.41, 5.74) is 8.71. The van der Waals surface area contributed by atoms with Gasteiger partial charge in [0.2, 0.25) is 5.89 Å². The van der Waals surface area contributed by atoms with Crippen LogP contribution in [0.1, 0.15) is 98.9 Å². The van der Waals surface area contributed by atoms with Crippen LogP contribution in [0.25, 0.3) is 33.7 Å². The molecule has 10 nitrogen and oxygen atoms in total. The third kappa shape index (κ3) is 5.45. The van der Waals surface area contributed by atoms with E-state index >= 15 is 0 Å². The number of aryl methyl sites for hydroxylation is 3. The van der Waals surface area contributed by atoms with Crippen molar-refractivity contribution in [3.63, 3.8) is 0 Å². The number of fused-ring (bicyclic) bond motifs is 2. The molecule has 0 bridgehead atoms. The predicted molar refractivity (Wildman–Crippen MR) is 163 cm³/mol. The minimum Gasteiger partial charge on any atom is -0.342 e. The highest BCUT2D eigenvalue weighted by Crippen LogP contribution is 2.35. The molecular weight excluding hydrogens is 528 g/mol. The van der Waals surface area contributed by atoms with Gasteiger partial charge in [0.15, 0.2) is 5.65 Å². The summed E-state index contributed by atoms with van der Waals surface area (Å²) in [6, 6.07) is 8.39. The summed E-state index contributed by atoms with van der Waals surface area (Å²) in [4.78, 5) is 30.3. The van der Waals surface area contributed by atoms with Gasteiger partial charge in [-0.15, -0.1) is 0 Å². The fourth-order valence-corrected chi connectivity index (χ4v) is 5.53. The number of nitrogens with one attached hydrogen (secondary N) is 2. The first-order chi connectivity index (χ1) is 20.1. The minimum atomic E-state index is -0.319. The van der Waals surface area contributed by atoms with Gasteiger partial charge in [-0.3, -0.25) is 9.48 Å². The molecule has 0 saturated carbocycles. The van der Waals surface area contributed by atoms with Gasteiger partial charge in [0.1, 0.15) is 5.82 Å².